The summed E-state index contributed by atoms with van der Waals surface area (Å²) in [5.41, 5.74) is 0.569. The molecule has 104 valence electrons. The zero-order valence-electron chi connectivity index (χ0n) is 11.0. The van der Waals surface area contributed by atoms with Crippen LogP contribution >= 0.6 is 11.6 Å². The number of urea groups is 1. The van der Waals surface area contributed by atoms with Crippen molar-refractivity contribution in [3.8, 4) is 5.75 Å². The van der Waals surface area contributed by atoms with Crippen LogP contribution in [0.2, 0.25) is 5.02 Å². The van der Waals surface area contributed by atoms with Gasteiger partial charge in [0.1, 0.15) is 5.75 Å². The molecule has 0 radical (unpaired) electrons. The lowest BCUT2D eigenvalue weighted by Gasteiger charge is -2.31. The molecule has 1 aromatic rings. The largest absolute Gasteiger partial charge is 0.495 e. The summed E-state index contributed by atoms with van der Waals surface area (Å²) in [6, 6.07) is 4.94. The number of methoxy groups -OCH3 is 1. The van der Waals surface area contributed by atoms with E-state index in [1.807, 2.05) is 6.92 Å². The lowest BCUT2D eigenvalue weighted by atomic mass is 10.3. The van der Waals surface area contributed by atoms with E-state index in [0.717, 1.165) is 0 Å². The lowest BCUT2D eigenvalue weighted by molar-refractivity contribution is -0.00139. The van der Waals surface area contributed by atoms with Crippen molar-refractivity contribution in [3.63, 3.8) is 0 Å². The van der Waals surface area contributed by atoms with Crippen molar-refractivity contribution in [2.24, 2.45) is 0 Å². The highest BCUT2D eigenvalue weighted by Gasteiger charge is 2.22. The second-order valence-corrected chi connectivity index (χ2v) is 4.84. The predicted molar refractivity (Wildman–Crippen MR) is 74.0 cm³/mol. The normalized spacial score (nSPS) is 19.1. The van der Waals surface area contributed by atoms with Gasteiger partial charge in [0.15, 0.2) is 0 Å². The van der Waals surface area contributed by atoms with Gasteiger partial charge in [-0.05, 0) is 25.1 Å². The third kappa shape index (κ3) is 3.52. The van der Waals surface area contributed by atoms with Crippen LogP contribution in [0.3, 0.4) is 0 Å². The molecule has 0 aromatic heterocycles. The number of nitrogens with zero attached hydrogens (tertiary/aromatic N) is 1. The molecule has 1 N–H and O–H groups in total. The Morgan fingerprint density at radius 1 is 1.58 bits per heavy atom. The van der Waals surface area contributed by atoms with Crippen molar-refractivity contribution < 1.29 is 14.3 Å². The highest BCUT2D eigenvalue weighted by molar-refractivity contribution is 6.31. The number of hydrogen-bond acceptors (Lipinski definition) is 3. The minimum atomic E-state index is -0.171. The fraction of sp³-hybridized carbons (Fsp3) is 0.462. The summed E-state index contributed by atoms with van der Waals surface area (Å²) in [4.78, 5) is 13.9. The molecule has 1 aliphatic rings. The molecular weight excluding hydrogens is 268 g/mol. The van der Waals surface area contributed by atoms with Gasteiger partial charge in [0.25, 0.3) is 0 Å². The second kappa shape index (κ2) is 6.12. The Labute approximate surface area is 117 Å². The summed E-state index contributed by atoms with van der Waals surface area (Å²) in [5, 5.41) is 3.36. The van der Waals surface area contributed by atoms with Crippen molar-refractivity contribution in [1.29, 1.82) is 0 Å². The first-order chi connectivity index (χ1) is 9.10. The van der Waals surface area contributed by atoms with Crippen LogP contribution in [-0.2, 0) is 4.74 Å². The summed E-state index contributed by atoms with van der Waals surface area (Å²) in [5.74, 6) is 0.582. The maximum atomic E-state index is 12.2. The average Bonchev–Trinajstić information content (AvgIpc) is 2.39. The molecule has 2 amide bonds. The van der Waals surface area contributed by atoms with Crippen LogP contribution in [0.5, 0.6) is 5.75 Å². The standard InChI is InChI=1S/C13H17ClN2O3/c1-9-8-16(5-6-19-9)13(17)15-11-7-10(14)3-4-12(11)18-2/h3-4,7,9H,5-6,8H2,1-2H3,(H,15,17)/t9-/m0/s1. The molecule has 6 heteroatoms. The highest BCUT2D eigenvalue weighted by Crippen LogP contribution is 2.28. The first-order valence-corrected chi connectivity index (χ1v) is 6.49. The number of amides is 2. The monoisotopic (exact) mass is 284 g/mol. The van der Waals surface area contributed by atoms with E-state index in [1.165, 1.54) is 0 Å². The van der Waals surface area contributed by atoms with Gasteiger partial charge in [-0.3, -0.25) is 0 Å². The number of carbonyl (C=O) groups excluding carboxylic acids is 1. The first kappa shape index (κ1) is 14.0. The number of morpholine rings is 1. The van der Waals surface area contributed by atoms with E-state index < -0.39 is 0 Å². The van der Waals surface area contributed by atoms with Gasteiger partial charge in [-0.15, -0.1) is 0 Å². The van der Waals surface area contributed by atoms with Gasteiger partial charge in [-0.2, -0.15) is 0 Å². The Morgan fingerprint density at radius 2 is 2.37 bits per heavy atom. The van der Waals surface area contributed by atoms with Crippen LogP contribution in [0, 0.1) is 0 Å². The van der Waals surface area contributed by atoms with Gasteiger partial charge in [-0.25, -0.2) is 4.79 Å². The van der Waals surface area contributed by atoms with E-state index in [0.29, 0.717) is 36.2 Å². The van der Waals surface area contributed by atoms with Crippen LogP contribution in [0.25, 0.3) is 0 Å². The number of benzene rings is 1. The molecule has 1 atom stereocenters. The molecule has 1 saturated heterocycles. The fourth-order valence-corrected chi connectivity index (χ4v) is 2.15. The van der Waals surface area contributed by atoms with E-state index >= 15 is 0 Å². The van der Waals surface area contributed by atoms with Crippen molar-refractivity contribution in [1.82, 2.24) is 4.90 Å². The van der Waals surface area contributed by atoms with E-state index in [9.17, 15) is 4.79 Å². The van der Waals surface area contributed by atoms with Crippen molar-refractivity contribution >= 4 is 23.3 Å². The summed E-state index contributed by atoms with van der Waals surface area (Å²) in [6.07, 6.45) is 0.0563. The SMILES string of the molecule is COc1ccc(Cl)cc1NC(=O)N1CCO[C@@H](C)C1. The number of rotatable bonds is 2. The number of carbonyl (C=O) groups is 1. The van der Waals surface area contributed by atoms with E-state index in [2.05, 4.69) is 5.32 Å². The number of halogens is 1. The second-order valence-electron chi connectivity index (χ2n) is 4.40. The Balaban J connectivity index is 2.07. The van der Waals surface area contributed by atoms with Gasteiger partial charge in [0.2, 0.25) is 0 Å². The van der Waals surface area contributed by atoms with Crippen LogP contribution in [0.1, 0.15) is 6.92 Å². The summed E-state index contributed by atoms with van der Waals surface area (Å²) in [6.45, 7) is 3.66. The maximum Gasteiger partial charge on any atom is 0.322 e. The van der Waals surface area contributed by atoms with E-state index in [-0.39, 0.29) is 12.1 Å². The number of anilines is 1. The molecule has 0 bridgehead atoms. The molecule has 0 spiro atoms. The summed E-state index contributed by atoms with van der Waals surface area (Å²) < 4.78 is 10.6. The minimum Gasteiger partial charge on any atom is -0.495 e. The Hall–Kier alpha value is -1.46. The molecule has 1 heterocycles. The average molecular weight is 285 g/mol. The number of nitrogens with one attached hydrogen (secondary N) is 1. The molecule has 0 aliphatic carbocycles. The third-order valence-corrected chi connectivity index (χ3v) is 3.17. The van der Waals surface area contributed by atoms with E-state index in [1.54, 1.807) is 30.2 Å². The van der Waals surface area contributed by atoms with Gasteiger partial charge < -0.3 is 19.7 Å². The van der Waals surface area contributed by atoms with Crippen LogP contribution in [0.15, 0.2) is 18.2 Å². The van der Waals surface area contributed by atoms with Crippen LogP contribution in [0.4, 0.5) is 10.5 Å². The van der Waals surface area contributed by atoms with Crippen LogP contribution < -0.4 is 10.1 Å². The summed E-state index contributed by atoms with van der Waals surface area (Å²) >= 11 is 5.93. The molecular formula is C13H17ClN2O3. The van der Waals surface area contributed by atoms with Crippen molar-refractivity contribution in [3.05, 3.63) is 23.2 Å². The molecule has 19 heavy (non-hydrogen) atoms. The Morgan fingerprint density at radius 3 is 3.05 bits per heavy atom. The molecule has 1 aliphatic heterocycles. The van der Waals surface area contributed by atoms with Crippen molar-refractivity contribution in [2.45, 2.75) is 13.0 Å². The zero-order chi connectivity index (χ0) is 13.8. The summed E-state index contributed by atoms with van der Waals surface area (Å²) in [7, 11) is 1.55. The molecule has 0 unspecified atom stereocenters. The van der Waals surface area contributed by atoms with Gasteiger partial charge >= 0.3 is 6.03 Å². The van der Waals surface area contributed by atoms with Gasteiger partial charge in [0, 0.05) is 18.1 Å². The molecule has 1 fully saturated rings. The molecule has 2 rings (SSSR count). The molecule has 5 nitrogen and oxygen atoms in total. The predicted octanol–water partition coefficient (Wildman–Crippen LogP) is 2.60. The minimum absolute atomic E-state index is 0.0563. The smallest absolute Gasteiger partial charge is 0.322 e. The van der Waals surface area contributed by atoms with Crippen molar-refractivity contribution in [2.75, 3.05) is 32.1 Å². The molecule has 1 aromatic carbocycles. The first-order valence-electron chi connectivity index (χ1n) is 6.11. The fourth-order valence-electron chi connectivity index (χ4n) is 1.98. The number of hydrogen-bond donors (Lipinski definition) is 1. The lowest BCUT2D eigenvalue weighted by Crippen LogP contribution is -2.46. The topological polar surface area (TPSA) is 50.8 Å². The van der Waals surface area contributed by atoms with E-state index in [4.69, 9.17) is 21.1 Å². The van der Waals surface area contributed by atoms with Crippen LogP contribution in [-0.4, -0.2) is 43.8 Å². The zero-order valence-corrected chi connectivity index (χ0v) is 11.7. The third-order valence-electron chi connectivity index (χ3n) is 2.93. The Bertz CT molecular complexity index is 467. The Kier molecular flexibility index (Phi) is 4.50. The quantitative estimate of drug-likeness (QED) is 0.908. The molecule has 0 saturated carbocycles. The highest BCUT2D eigenvalue weighted by atomic mass is 35.5. The van der Waals surface area contributed by atoms with Gasteiger partial charge in [-0.1, -0.05) is 11.6 Å². The maximum absolute atomic E-state index is 12.2. The number of ether oxygens (including phenoxy) is 2. The van der Waals surface area contributed by atoms with Gasteiger partial charge in [0.05, 0.1) is 25.5 Å².